The van der Waals surface area contributed by atoms with Gasteiger partial charge in [-0.05, 0) is 24.3 Å². The molecule has 0 unspecified atom stereocenters. The van der Waals surface area contributed by atoms with Crippen LogP contribution in [0, 0.1) is 10.1 Å². The average molecular weight is 412 g/mol. The lowest BCUT2D eigenvalue weighted by molar-refractivity contribution is -0.385. The van der Waals surface area contributed by atoms with Gasteiger partial charge in [0.15, 0.2) is 11.5 Å². The summed E-state index contributed by atoms with van der Waals surface area (Å²) in [6, 6.07) is 8.67. The fourth-order valence-corrected chi connectivity index (χ4v) is 2.39. The van der Waals surface area contributed by atoms with E-state index in [4.69, 9.17) is 9.47 Å². The molecular weight excluding hydrogens is 392 g/mol. The molecule has 30 heavy (non-hydrogen) atoms. The van der Waals surface area contributed by atoms with E-state index in [0.717, 1.165) is 0 Å². The third-order valence-electron chi connectivity index (χ3n) is 3.68. The number of nitrogens with zero attached hydrogens (tertiary/aromatic N) is 2. The molecule has 0 aliphatic rings. The quantitative estimate of drug-likeness (QED) is 0.282. The van der Waals surface area contributed by atoms with Crippen molar-refractivity contribution in [1.82, 2.24) is 5.43 Å². The Kier molecular flexibility index (Phi) is 7.63. The summed E-state index contributed by atoms with van der Waals surface area (Å²) < 4.78 is 10.7. The number of amides is 2. The van der Waals surface area contributed by atoms with Crippen molar-refractivity contribution in [2.75, 3.05) is 19.0 Å². The number of ether oxygens (including phenoxy) is 2. The van der Waals surface area contributed by atoms with Crippen LogP contribution in [0.2, 0.25) is 0 Å². The predicted molar refractivity (Wildman–Crippen MR) is 111 cm³/mol. The normalized spacial score (nSPS) is 10.3. The third kappa shape index (κ3) is 5.89. The van der Waals surface area contributed by atoms with Gasteiger partial charge in [0.1, 0.15) is 6.61 Å². The van der Waals surface area contributed by atoms with E-state index in [2.05, 4.69) is 22.4 Å². The highest BCUT2D eigenvalue weighted by atomic mass is 16.6. The van der Waals surface area contributed by atoms with E-state index in [1.165, 1.54) is 50.6 Å². The minimum Gasteiger partial charge on any atom is -0.493 e. The van der Waals surface area contributed by atoms with Gasteiger partial charge >= 0.3 is 0 Å². The average Bonchev–Trinajstić information content (AvgIpc) is 2.72. The number of carbonyl (C=O) groups excluding carboxylic acids is 2. The van der Waals surface area contributed by atoms with Gasteiger partial charge in [-0.2, -0.15) is 5.10 Å². The second-order valence-corrected chi connectivity index (χ2v) is 5.88. The molecule has 0 atom stereocenters. The van der Waals surface area contributed by atoms with E-state index in [0.29, 0.717) is 11.3 Å². The number of anilines is 1. The number of hydrogen-bond donors (Lipinski definition) is 2. The van der Waals surface area contributed by atoms with Gasteiger partial charge in [-0.15, -0.1) is 0 Å². The van der Waals surface area contributed by atoms with Crippen molar-refractivity contribution in [1.29, 1.82) is 0 Å². The van der Waals surface area contributed by atoms with Crippen LogP contribution in [-0.2, 0) is 4.79 Å². The van der Waals surface area contributed by atoms with Crippen molar-refractivity contribution in [2.24, 2.45) is 5.10 Å². The van der Waals surface area contributed by atoms with Crippen molar-refractivity contribution in [3.05, 3.63) is 70.3 Å². The van der Waals surface area contributed by atoms with E-state index in [-0.39, 0.29) is 35.3 Å². The van der Waals surface area contributed by atoms with Gasteiger partial charge in [0.05, 0.1) is 24.3 Å². The van der Waals surface area contributed by atoms with Gasteiger partial charge in [0.2, 0.25) is 5.91 Å². The number of carbonyl (C=O) groups is 2. The van der Waals surface area contributed by atoms with Gasteiger partial charge < -0.3 is 14.8 Å². The molecule has 0 spiro atoms. The summed E-state index contributed by atoms with van der Waals surface area (Å²) in [5.74, 6) is -0.363. The van der Waals surface area contributed by atoms with Crippen LogP contribution in [0.25, 0.3) is 0 Å². The second-order valence-electron chi connectivity index (χ2n) is 5.88. The number of methoxy groups -OCH3 is 1. The Morgan fingerprint density at radius 2 is 1.97 bits per heavy atom. The van der Waals surface area contributed by atoms with Gasteiger partial charge in [0.25, 0.3) is 11.6 Å². The molecule has 0 aliphatic carbocycles. The molecule has 2 N–H and O–H groups in total. The maximum atomic E-state index is 12.2. The molecule has 0 aromatic heterocycles. The molecule has 2 aromatic carbocycles. The lowest BCUT2D eigenvalue weighted by Gasteiger charge is -2.12. The van der Waals surface area contributed by atoms with E-state index >= 15 is 0 Å². The standard InChI is InChI=1S/C20H20N4O6/c1-4-9-30-19-15(10-17(24(27)28)11-18(19)29-3)12-21-23-20(26)14-5-7-16(8-6-14)22-13(2)25/h4-8,10-12H,1,9H2,2-3H3,(H,22,25)(H,23,26)/b21-12+. The molecule has 0 saturated heterocycles. The van der Waals surface area contributed by atoms with Gasteiger partial charge in [-0.3, -0.25) is 19.7 Å². The van der Waals surface area contributed by atoms with Crippen LogP contribution < -0.4 is 20.2 Å². The first-order chi connectivity index (χ1) is 14.3. The zero-order valence-electron chi connectivity index (χ0n) is 16.4. The Labute approximate surface area is 172 Å². The van der Waals surface area contributed by atoms with E-state index in [1.807, 2.05) is 0 Å². The zero-order valence-corrected chi connectivity index (χ0v) is 16.4. The van der Waals surface area contributed by atoms with Crippen LogP contribution in [-0.4, -0.2) is 36.7 Å². The summed E-state index contributed by atoms with van der Waals surface area (Å²) in [7, 11) is 1.35. The molecule has 10 heteroatoms. The van der Waals surface area contributed by atoms with Crippen LogP contribution in [0.15, 0.2) is 54.2 Å². The minimum atomic E-state index is -0.577. The number of nitrogens with one attached hydrogen (secondary N) is 2. The zero-order chi connectivity index (χ0) is 22.1. The molecular formula is C20H20N4O6. The van der Waals surface area contributed by atoms with Crippen LogP contribution >= 0.6 is 0 Å². The topological polar surface area (TPSA) is 132 Å². The lowest BCUT2D eigenvalue weighted by Crippen LogP contribution is -2.17. The predicted octanol–water partition coefficient (Wildman–Crippen LogP) is 2.89. The Balaban J connectivity index is 2.21. The van der Waals surface area contributed by atoms with E-state index in [9.17, 15) is 19.7 Å². The van der Waals surface area contributed by atoms with E-state index in [1.54, 1.807) is 12.1 Å². The SMILES string of the molecule is C=CCOc1c(/C=N/NC(=O)c2ccc(NC(C)=O)cc2)cc([N+](=O)[O-])cc1OC. The molecule has 156 valence electrons. The number of hydrogen-bond acceptors (Lipinski definition) is 7. The summed E-state index contributed by atoms with van der Waals surface area (Å²) in [6.45, 7) is 5.08. The molecule has 2 rings (SSSR count). The Bertz CT molecular complexity index is 986. The Morgan fingerprint density at radius 3 is 2.53 bits per heavy atom. The number of nitro benzene ring substituents is 1. The highest BCUT2D eigenvalue weighted by Gasteiger charge is 2.18. The van der Waals surface area contributed by atoms with Gasteiger partial charge in [-0.25, -0.2) is 5.43 Å². The van der Waals surface area contributed by atoms with Gasteiger partial charge in [0, 0.05) is 29.8 Å². The molecule has 0 saturated carbocycles. The highest BCUT2D eigenvalue weighted by molar-refractivity contribution is 5.96. The number of hydrazone groups is 1. The summed E-state index contributed by atoms with van der Waals surface area (Å²) >= 11 is 0. The monoisotopic (exact) mass is 412 g/mol. The number of non-ortho nitro benzene ring substituents is 1. The van der Waals surface area contributed by atoms with Gasteiger partial charge in [-0.1, -0.05) is 12.7 Å². The summed E-state index contributed by atoms with van der Waals surface area (Å²) in [5.41, 5.74) is 3.21. The largest absolute Gasteiger partial charge is 0.493 e. The number of nitro groups is 1. The van der Waals surface area contributed by atoms with E-state index < -0.39 is 10.8 Å². The fourth-order valence-electron chi connectivity index (χ4n) is 2.39. The number of rotatable bonds is 9. The summed E-state index contributed by atoms with van der Waals surface area (Å²) in [5, 5.41) is 17.6. The van der Waals surface area contributed by atoms with Crippen LogP contribution in [0.5, 0.6) is 11.5 Å². The smallest absolute Gasteiger partial charge is 0.274 e. The second kappa shape index (κ2) is 10.4. The van der Waals surface area contributed by atoms with Crippen LogP contribution in [0.1, 0.15) is 22.8 Å². The highest BCUT2D eigenvalue weighted by Crippen LogP contribution is 2.34. The lowest BCUT2D eigenvalue weighted by atomic mass is 10.1. The Morgan fingerprint density at radius 1 is 1.27 bits per heavy atom. The van der Waals surface area contributed by atoms with Crippen molar-refractivity contribution in [2.45, 2.75) is 6.92 Å². The van der Waals surface area contributed by atoms with Crippen LogP contribution in [0.4, 0.5) is 11.4 Å². The molecule has 0 bridgehead atoms. The maximum absolute atomic E-state index is 12.2. The first kappa shape index (κ1) is 22.1. The molecule has 2 amide bonds. The number of benzene rings is 2. The minimum absolute atomic E-state index is 0.141. The molecule has 0 aliphatic heterocycles. The van der Waals surface area contributed by atoms with Crippen molar-refractivity contribution in [3.63, 3.8) is 0 Å². The summed E-state index contributed by atoms with van der Waals surface area (Å²) in [4.78, 5) is 33.9. The van der Waals surface area contributed by atoms with Crippen molar-refractivity contribution >= 4 is 29.4 Å². The fraction of sp³-hybridized carbons (Fsp3) is 0.150. The molecule has 10 nitrogen and oxygen atoms in total. The molecule has 0 radical (unpaired) electrons. The molecule has 2 aromatic rings. The Hall–Kier alpha value is -4.21. The van der Waals surface area contributed by atoms with Crippen LogP contribution in [0.3, 0.4) is 0 Å². The van der Waals surface area contributed by atoms with Crippen molar-refractivity contribution in [3.8, 4) is 11.5 Å². The summed E-state index contributed by atoms with van der Waals surface area (Å²) in [6.07, 6.45) is 2.73. The first-order valence-corrected chi connectivity index (χ1v) is 8.67. The molecule has 0 heterocycles. The van der Waals surface area contributed by atoms with Crippen molar-refractivity contribution < 1.29 is 24.0 Å². The first-order valence-electron chi connectivity index (χ1n) is 8.67. The third-order valence-corrected chi connectivity index (χ3v) is 3.68. The maximum Gasteiger partial charge on any atom is 0.274 e. The molecule has 0 fully saturated rings.